The van der Waals surface area contributed by atoms with Gasteiger partial charge in [0.2, 0.25) is 0 Å². The molecule has 2 aliphatic rings. The van der Waals surface area contributed by atoms with Crippen LogP contribution < -0.4 is 10.2 Å². The predicted octanol–water partition coefficient (Wildman–Crippen LogP) is 2.35. The summed E-state index contributed by atoms with van der Waals surface area (Å²) in [7, 11) is 0. The van der Waals surface area contributed by atoms with E-state index in [9.17, 15) is 0 Å². The van der Waals surface area contributed by atoms with Gasteiger partial charge in [-0.05, 0) is 37.3 Å². The van der Waals surface area contributed by atoms with Gasteiger partial charge < -0.3 is 10.2 Å². The third kappa shape index (κ3) is 2.95. The molecule has 0 saturated carbocycles. The first-order valence-corrected chi connectivity index (χ1v) is 8.71. The Balaban J connectivity index is 1.65. The molecule has 0 spiro atoms. The highest BCUT2D eigenvalue weighted by atomic mass is 15.3. The van der Waals surface area contributed by atoms with Gasteiger partial charge in [-0.25, -0.2) is 0 Å². The second-order valence-electron chi connectivity index (χ2n) is 6.74. The van der Waals surface area contributed by atoms with Crippen LogP contribution in [0.15, 0.2) is 30.3 Å². The molecule has 1 saturated heterocycles. The van der Waals surface area contributed by atoms with Gasteiger partial charge in [0.1, 0.15) is 0 Å². The van der Waals surface area contributed by atoms with Crippen molar-refractivity contribution in [3.8, 4) is 0 Å². The van der Waals surface area contributed by atoms with Gasteiger partial charge in [0.25, 0.3) is 0 Å². The number of piperazine rings is 1. The SMILES string of the molecule is C[C@@H]1CN(c2nnc(Cc3ccccc3)c3c2CCC3)CCN1. The van der Waals surface area contributed by atoms with Gasteiger partial charge in [0, 0.05) is 37.7 Å². The van der Waals surface area contributed by atoms with Crippen LogP contribution in [0.4, 0.5) is 5.82 Å². The summed E-state index contributed by atoms with van der Waals surface area (Å²) >= 11 is 0. The average molecular weight is 308 g/mol. The Morgan fingerprint density at radius 2 is 1.96 bits per heavy atom. The molecule has 2 aromatic rings. The van der Waals surface area contributed by atoms with Crippen molar-refractivity contribution in [1.29, 1.82) is 0 Å². The van der Waals surface area contributed by atoms with E-state index in [1.54, 1.807) is 0 Å². The van der Waals surface area contributed by atoms with Crippen molar-refractivity contribution in [2.75, 3.05) is 24.5 Å². The Labute approximate surface area is 137 Å². The highest BCUT2D eigenvalue weighted by Gasteiger charge is 2.26. The van der Waals surface area contributed by atoms with Crippen molar-refractivity contribution in [2.24, 2.45) is 0 Å². The highest BCUT2D eigenvalue weighted by molar-refractivity contribution is 5.54. The molecule has 0 unspecified atom stereocenters. The van der Waals surface area contributed by atoms with Crippen LogP contribution in [0.3, 0.4) is 0 Å². The molecule has 1 fully saturated rings. The maximum atomic E-state index is 4.65. The van der Waals surface area contributed by atoms with Crippen LogP contribution in [0, 0.1) is 0 Å². The van der Waals surface area contributed by atoms with E-state index in [1.165, 1.54) is 28.8 Å². The molecule has 23 heavy (non-hydrogen) atoms. The minimum Gasteiger partial charge on any atom is -0.352 e. The highest BCUT2D eigenvalue weighted by Crippen LogP contribution is 2.32. The van der Waals surface area contributed by atoms with Crippen molar-refractivity contribution in [2.45, 2.75) is 38.6 Å². The second-order valence-corrected chi connectivity index (χ2v) is 6.74. The van der Waals surface area contributed by atoms with Crippen molar-refractivity contribution in [3.05, 3.63) is 52.7 Å². The van der Waals surface area contributed by atoms with E-state index >= 15 is 0 Å². The Morgan fingerprint density at radius 1 is 1.13 bits per heavy atom. The Hall–Kier alpha value is -1.94. The summed E-state index contributed by atoms with van der Waals surface area (Å²) in [5.74, 6) is 1.14. The maximum absolute atomic E-state index is 4.65. The minimum absolute atomic E-state index is 0.520. The summed E-state index contributed by atoms with van der Waals surface area (Å²) in [4.78, 5) is 2.42. The summed E-state index contributed by atoms with van der Waals surface area (Å²) in [5.41, 5.74) is 5.42. The average Bonchev–Trinajstić information content (AvgIpc) is 3.06. The number of fused-ring (bicyclic) bond motifs is 1. The number of hydrogen-bond acceptors (Lipinski definition) is 4. The molecule has 4 rings (SSSR count). The van der Waals surface area contributed by atoms with Gasteiger partial charge >= 0.3 is 0 Å². The molecule has 4 nitrogen and oxygen atoms in total. The first kappa shape index (κ1) is 14.6. The van der Waals surface area contributed by atoms with Crippen LogP contribution in [0.5, 0.6) is 0 Å². The number of nitrogens with zero attached hydrogens (tertiary/aromatic N) is 3. The normalized spacial score (nSPS) is 20.6. The van der Waals surface area contributed by atoms with Crippen molar-refractivity contribution >= 4 is 5.82 Å². The number of rotatable bonds is 3. The van der Waals surface area contributed by atoms with Crippen molar-refractivity contribution in [3.63, 3.8) is 0 Å². The first-order chi connectivity index (χ1) is 11.3. The molecular formula is C19H24N4. The molecule has 120 valence electrons. The molecular weight excluding hydrogens is 284 g/mol. The lowest BCUT2D eigenvalue weighted by atomic mass is 10.0. The Kier molecular flexibility index (Phi) is 4.00. The number of benzene rings is 1. The quantitative estimate of drug-likeness (QED) is 0.945. The zero-order valence-electron chi connectivity index (χ0n) is 13.8. The van der Waals surface area contributed by atoms with Gasteiger partial charge in [-0.2, -0.15) is 5.10 Å². The predicted molar refractivity (Wildman–Crippen MR) is 93.0 cm³/mol. The summed E-state index contributed by atoms with van der Waals surface area (Å²) in [5, 5.41) is 12.8. The molecule has 0 amide bonds. The molecule has 1 N–H and O–H groups in total. The lowest BCUT2D eigenvalue weighted by Gasteiger charge is -2.33. The zero-order valence-corrected chi connectivity index (χ0v) is 13.8. The standard InChI is InChI=1S/C19H24N4/c1-14-13-23(11-10-20-14)19-17-9-5-8-16(17)18(21-22-19)12-15-6-3-2-4-7-15/h2-4,6-7,14,20H,5,8-13H2,1H3/t14-/m1/s1. The van der Waals surface area contributed by atoms with Crippen LogP contribution >= 0.6 is 0 Å². The molecule has 1 aromatic heterocycles. The van der Waals surface area contributed by atoms with E-state index in [4.69, 9.17) is 0 Å². The fourth-order valence-electron chi connectivity index (χ4n) is 3.85. The Bertz CT molecular complexity index is 683. The molecule has 4 heteroatoms. The van der Waals surface area contributed by atoms with E-state index in [-0.39, 0.29) is 0 Å². The van der Waals surface area contributed by atoms with Crippen LogP contribution in [-0.2, 0) is 19.3 Å². The molecule has 0 radical (unpaired) electrons. The molecule has 1 atom stereocenters. The van der Waals surface area contributed by atoms with Crippen LogP contribution in [0.1, 0.15) is 35.7 Å². The number of nitrogens with one attached hydrogen (secondary N) is 1. The smallest absolute Gasteiger partial charge is 0.154 e. The largest absolute Gasteiger partial charge is 0.352 e. The molecule has 1 aromatic carbocycles. The third-order valence-electron chi connectivity index (χ3n) is 4.98. The fourth-order valence-corrected chi connectivity index (χ4v) is 3.85. The van der Waals surface area contributed by atoms with E-state index < -0.39 is 0 Å². The number of anilines is 1. The summed E-state index contributed by atoms with van der Waals surface area (Å²) in [6, 6.07) is 11.1. The van der Waals surface area contributed by atoms with Crippen LogP contribution in [0.25, 0.3) is 0 Å². The molecule has 0 bridgehead atoms. The molecule has 2 heterocycles. The number of aromatic nitrogens is 2. The van der Waals surface area contributed by atoms with Gasteiger partial charge in [0.05, 0.1) is 5.69 Å². The van der Waals surface area contributed by atoms with Gasteiger partial charge in [0.15, 0.2) is 5.82 Å². The lowest BCUT2D eigenvalue weighted by molar-refractivity contribution is 0.480. The van der Waals surface area contributed by atoms with Crippen molar-refractivity contribution in [1.82, 2.24) is 15.5 Å². The van der Waals surface area contributed by atoms with Crippen molar-refractivity contribution < 1.29 is 0 Å². The van der Waals surface area contributed by atoms with Gasteiger partial charge in [-0.15, -0.1) is 5.10 Å². The summed E-state index contributed by atoms with van der Waals surface area (Å²) in [6.07, 6.45) is 4.44. The van der Waals surface area contributed by atoms with Crippen LogP contribution in [-0.4, -0.2) is 35.9 Å². The van der Waals surface area contributed by atoms with E-state index in [1.807, 2.05) is 0 Å². The second kappa shape index (κ2) is 6.28. The Morgan fingerprint density at radius 3 is 2.78 bits per heavy atom. The first-order valence-electron chi connectivity index (χ1n) is 8.71. The number of hydrogen-bond donors (Lipinski definition) is 1. The van der Waals surface area contributed by atoms with E-state index in [2.05, 4.69) is 57.7 Å². The molecule has 1 aliphatic carbocycles. The van der Waals surface area contributed by atoms with Gasteiger partial charge in [-0.3, -0.25) is 0 Å². The summed E-state index contributed by atoms with van der Waals surface area (Å²) < 4.78 is 0. The molecule has 1 aliphatic heterocycles. The summed E-state index contributed by atoms with van der Waals surface area (Å²) in [6.45, 7) is 5.33. The lowest BCUT2D eigenvalue weighted by Crippen LogP contribution is -2.50. The van der Waals surface area contributed by atoms with Crippen LogP contribution in [0.2, 0.25) is 0 Å². The fraction of sp³-hybridized carbons (Fsp3) is 0.474. The minimum atomic E-state index is 0.520. The van der Waals surface area contributed by atoms with E-state index in [0.29, 0.717) is 6.04 Å². The van der Waals surface area contributed by atoms with Gasteiger partial charge in [-0.1, -0.05) is 30.3 Å². The topological polar surface area (TPSA) is 41.1 Å². The third-order valence-corrected chi connectivity index (χ3v) is 4.98. The zero-order chi connectivity index (χ0) is 15.6. The van der Waals surface area contributed by atoms with E-state index in [0.717, 1.165) is 44.7 Å². The monoisotopic (exact) mass is 308 g/mol. The maximum Gasteiger partial charge on any atom is 0.154 e.